The molecule has 2 saturated carbocycles. The summed E-state index contributed by atoms with van der Waals surface area (Å²) in [6.45, 7) is 0. The van der Waals surface area contributed by atoms with Crippen LogP contribution in [0.4, 0.5) is 0 Å². The molecule has 1 heterocycles. The van der Waals surface area contributed by atoms with Crippen molar-refractivity contribution in [2.24, 2.45) is 0 Å². The maximum atomic E-state index is 12.3. The minimum Gasteiger partial charge on any atom is -0.337 e. The summed E-state index contributed by atoms with van der Waals surface area (Å²) in [7, 11) is 0. The van der Waals surface area contributed by atoms with Crippen molar-refractivity contribution in [3.8, 4) is 12.1 Å². The Morgan fingerprint density at radius 1 is 0.806 bits per heavy atom. The highest BCUT2D eigenvalue weighted by atomic mass is 32.2. The first kappa shape index (κ1) is 23.8. The van der Waals surface area contributed by atoms with Crippen molar-refractivity contribution < 1.29 is 9.59 Å². The van der Waals surface area contributed by atoms with E-state index in [4.69, 9.17) is 0 Å². The van der Waals surface area contributed by atoms with Crippen molar-refractivity contribution in [3.05, 3.63) is 0 Å². The van der Waals surface area contributed by atoms with Gasteiger partial charge in [0.2, 0.25) is 11.8 Å². The summed E-state index contributed by atoms with van der Waals surface area (Å²) >= 11 is 3.89. The van der Waals surface area contributed by atoms with Crippen LogP contribution in [0.2, 0.25) is 0 Å². The lowest BCUT2D eigenvalue weighted by Gasteiger charge is -2.31. The molecule has 8 nitrogen and oxygen atoms in total. The third kappa shape index (κ3) is 6.83. The SMILES string of the molecule is N#CC1(NC(=O)CSc2nnc(SCC(=O)NC3(C#N)CCCCC3)s2)CCCCC1. The number of hydrogen-bond donors (Lipinski definition) is 2. The van der Waals surface area contributed by atoms with Gasteiger partial charge in [-0.25, -0.2) is 0 Å². The van der Waals surface area contributed by atoms with Crippen LogP contribution >= 0.6 is 34.9 Å². The standard InChI is InChI=1S/C20H26N6O2S3/c21-13-19(7-3-1-4-8-19)23-15(27)11-29-17-25-26-18(31-17)30-12-16(28)24-20(14-22)9-5-2-6-10-20/h1-12H2,(H,23,27)(H,24,28). The smallest absolute Gasteiger partial charge is 0.231 e. The summed E-state index contributed by atoms with van der Waals surface area (Å²) in [5.74, 6) is -0.0000287. The van der Waals surface area contributed by atoms with Gasteiger partial charge in [0, 0.05) is 0 Å². The lowest BCUT2D eigenvalue weighted by atomic mass is 9.83. The van der Waals surface area contributed by atoms with Gasteiger partial charge in [0.25, 0.3) is 0 Å². The highest BCUT2D eigenvalue weighted by molar-refractivity contribution is 8.03. The zero-order valence-electron chi connectivity index (χ0n) is 17.3. The molecule has 2 amide bonds. The molecule has 2 N–H and O–H groups in total. The maximum Gasteiger partial charge on any atom is 0.231 e. The Morgan fingerprint density at radius 3 is 1.55 bits per heavy atom. The molecule has 3 rings (SSSR count). The van der Waals surface area contributed by atoms with Gasteiger partial charge in [-0.05, 0) is 25.7 Å². The fourth-order valence-electron chi connectivity index (χ4n) is 4.01. The number of nitrogens with zero attached hydrogens (tertiary/aromatic N) is 4. The van der Waals surface area contributed by atoms with Crippen LogP contribution in [-0.2, 0) is 9.59 Å². The zero-order chi connectivity index (χ0) is 22.2. The average molecular weight is 479 g/mol. The summed E-state index contributed by atoms with van der Waals surface area (Å²) in [6.07, 6.45) is 8.86. The van der Waals surface area contributed by atoms with E-state index in [9.17, 15) is 20.1 Å². The van der Waals surface area contributed by atoms with Gasteiger partial charge in [-0.3, -0.25) is 9.59 Å². The molecule has 0 aromatic carbocycles. The second-order valence-corrected chi connectivity index (χ2v) is 11.4. The fraction of sp³-hybridized carbons (Fsp3) is 0.700. The number of carbonyl (C=O) groups excluding carboxylic acids is 2. The van der Waals surface area contributed by atoms with E-state index in [0.717, 1.165) is 38.5 Å². The van der Waals surface area contributed by atoms with Crippen LogP contribution in [0.25, 0.3) is 0 Å². The molecule has 11 heteroatoms. The number of nitriles is 2. The van der Waals surface area contributed by atoms with Gasteiger partial charge in [0.05, 0.1) is 23.6 Å². The van der Waals surface area contributed by atoms with Crippen molar-refractivity contribution in [2.75, 3.05) is 11.5 Å². The number of amides is 2. The molecular weight excluding hydrogens is 452 g/mol. The zero-order valence-corrected chi connectivity index (χ0v) is 19.8. The van der Waals surface area contributed by atoms with Crippen LogP contribution in [-0.4, -0.2) is 44.6 Å². The Balaban J connectivity index is 1.42. The van der Waals surface area contributed by atoms with Crippen LogP contribution in [0.3, 0.4) is 0 Å². The Bertz CT molecular complexity index is 795. The third-order valence-electron chi connectivity index (χ3n) is 5.64. The van der Waals surface area contributed by atoms with Gasteiger partial charge in [0.1, 0.15) is 11.1 Å². The van der Waals surface area contributed by atoms with Gasteiger partial charge < -0.3 is 10.6 Å². The number of aromatic nitrogens is 2. The Kier molecular flexibility index (Phi) is 8.58. The highest BCUT2D eigenvalue weighted by Crippen LogP contribution is 2.31. The van der Waals surface area contributed by atoms with Crippen LogP contribution in [0, 0.1) is 22.7 Å². The Labute approximate surface area is 194 Å². The quantitative estimate of drug-likeness (QED) is 0.543. The minimum absolute atomic E-state index is 0.175. The first-order chi connectivity index (χ1) is 15.0. The predicted molar refractivity (Wildman–Crippen MR) is 121 cm³/mol. The van der Waals surface area contributed by atoms with Gasteiger partial charge in [-0.1, -0.05) is 73.4 Å². The first-order valence-electron chi connectivity index (χ1n) is 10.5. The van der Waals surface area contributed by atoms with Gasteiger partial charge in [-0.15, -0.1) is 10.2 Å². The van der Waals surface area contributed by atoms with E-state index in [0.29, 0.717) is 34.4 Å². The molecule has 0 radical (unpaired) electrons. The molecule has 0 aliphatic heterocycles. The molecule has 1 aromatic heterocycles. The van der Waals surface area contributed by atoms with Crippen LogP contribution in [0.5, 0.6) is 0 Å². The monoisotopic (exact) mass is 478 g/mol. The predicted octanol–water partition coefficient (Wildman–Crippen LogP) is 3.41. The molecule has 0 unspecified atom stereocenters. The third-order valence-corrected chi connectivity index (χ3v) is 8.83. The van der Waals surface area contributed by atoms with Gasteiger partial charge in [-0.2, -0.15) is 10.5 Å². The summed E-state index contributed by atoms with van der Waals surface area (Å²) < 4.78 is 1.29. The average Bonchev–Trinajstić information content (AvgIpc) is 3.25. The molecule has 0 atom stereocenters. The lowest BCUT2D eigenvalue weighted by molar-refractivity contribution is -0.121. The van der Waals surface area contributed by atoms with Crippen molar-refractivity contribution in [1.29, 1.82) is 10.5 Å². The van der Waals surface area contributed by atoms with Crippen molar-refractivity contribution in [2.45, 2.75) is 84.0 Å². The summed E-state index contributed by atoms with van der Waals surface area (Å²) in [5, 5.41) is 32.9. The Morgan fingerprint density at radius 2 is 1.19 bits per heavy atom. The first-order valence-corrected chi connectivity index (χ1v) is 13.3. The molecule has 2 aliphatic carbocycles. The van der Waals surface area contributed by atoms with Crippen LogP contribution in [0.15, 0.2) is 8.68 Å². The van der Waals surface area contributed by atoms with E-state index in [1.807, 2.05) is 0 Å². The van der Waals surface area contributed by atoms with Gasteiger partial charge in [0.15, 0.2) is 8.68 Å². The van der Waals surface area contributed by atoms with Crippen LogP contribution < -0.4 is 10.6 Å². The van der Waals surface area contributed by atoms with Crippen LogP contribution in [0.1, 0.15) is 64.2 Å². The molecule has 1 aromatic rings. The number of nitrogens with one attached hydrogen (secondary N) is 2. The molecule has 0 spiro atoms. The van der Waals surface area contributed by atoms with E-state index in [2.05, 4.69) is 33.0 Å². The number of rotatable bonds is 8. The molecule has 166 valence electrons. The van der Waals surface area contributed by atoms with Crippen molar-refractivity contribution >= 4 is 46.7 Å². The Hall–Kier alpha value is -1.82. The molecule has 0 saturated heterocycles. The minimum atomic E-state index is -0.732. The molecular formula is C20H26N6O2S3. The molecule has 2 fully saturated rings. The van der Waals surface area contributed by atoms with E-state index in [-0.39, 0.29) is 23.3 Å². The summed E-state index contributed by atoms with van der Waals surface area (Å²) in [6, 6.07) is 4.57. The molecule has 0 bridgehead atoms. The van der Waals surface area contributed by atoms with E-state index in [1.165, 1.54) is 34.9 Å². The van der Waals surface area contributed by atoms with Gasteiger partial charge >= 0.3 is 0 Å². The second kappa shape index (κ2) is 11.2. The summed E-state index contributed by atoms with van der Waals surface area (Å²) in [5.41, 5.74) is -1.46. The largest absolute Gasteiger partial charge is 0.337 e. The van der Waals surface area contributed by atoms with E-state index >= 15 is 0 Å². The maximum absolute atomic E-state index is 12.3. The number of carbonyl (C=O) groups is 2. The highest BCUT2D eigenvalue weighted by Gasteiger charge is 2.34. The van der Waals surface area contributed by atoms with E-state index < -0.39 is 11.1 Å². The number of hydrogen-bond acceptors (Lipinski definition) is 9. The lowest BCUT2D eigenvalue weighted by Crippen LogP contribution is -2.49. The van der Waals surface area contributed by atoms with Crippen molar-refractivity contribution in [1.82, 2.24) is 20.8 Å². The van der Waals surface area contributed by atoms with Crippen molar-refractivity contribution in [3.63, 3.8) is 0 Å². The molecule has 2 aliphatic rings. The normalized spacial score (nSPS) is 19.5. The topological polar surface area (TPSA) is 132 Å². The van der Waals surface area contributed by atoms with E-state index in [1.54, 1.807) is 0 Å². The fourth-order valence-corrected chi connectivity index (χ4v) is 6.63. The molecule has 31 heavy (non-hydrogen) atoms. The summed E-state index contributed by atoms with van der Waals surface area (Å²) in [4.78, 5) is 24.6. The number of thioether (sulfide) groups is 2. The second-order valence-electron chi connectivity index (χ2n) is 8.02.